The zero-order valence-electron chi connectivity index (χ0n) is 11.1. The third kappa shape index (κ3) is 2.98. The van der Waals surface area contributed by atoms with Gasteiger partial charge in [-0.25, -0.2) is 4.98 Å². The van der Waals surface area contributed by atoms with Crippen LogP contribution in [0.25, 0.3) is 0 Å². The van der Waals surface area contributed by atoms with Gasteiger partial charge in [-0.2, -0.15) is 8.78 Å². The Hall–Kier alpha value is -2.31. The molecule has 7 heteroatoms. The van der Waals surface area contributed by atoms with Gasteiger partial charge in [-0.1, -0.05) is 0 Å². The maximum Gasteiger partial charge on any atom is 0.319 e. The van der Waals surface area contributed by atoms with Crippen molar-refractivity contribution in [3.8, 4) is 11.5 Å². The molecule has 0 aliphatic rings. The van der Waals surface area contributed by atoms with Crippen LogP contribution in [-0.2, 0) is 6.54 Å². The third-order valence-corrected chi connectivity index (χ3v) is 2.79. The number of alkyl halides is 2. The Balaban J connectivity index is 2.09. The van der Waals surface area contributed by atoms with Gasteiger partial charge in [0.05, 0.1) is 20.8 Å². The van der Waals surface area contributed by atoms with E-state index >= 15 is 0 Å². The molecule has 0 fully saturated rings. The lowest BCUT2D eigenvalue weighted by molar-refractivity contribution is 0.0673. The predicted octanol–water partition coefficient (Wildman–Crippen LogP) is 2.91. The predicted molar refractivity (Wildman–Crippen MR) is 70.4 cm³/mol. The number of imidazole rings is 1. The van der Waals surface area contributed by atoms with Crippen LogP contribution >= 0.6 is 0 Å². The van der Waals surface area contributed by atoms with Crippen LogP contribution in [0, 0.1) is 0 Å². The standard InChI is InChI=1S/C13H15F2N3O2/c1-19-10-4-3-9(7-11(10)20-2)17-8-12-16-5-6-18(12)13(14)15/h3-7,13,17H,8H2,1-2H3. The molecule has 0 aliphatic carbocycles. The van der Waals surface area contributed by atoms with Crippen molar-refractivity contribution in [2.75, 3.05) is 19.5 Å². The van der Waals surface area contributed by atoms with Gasteiger partial charge in [-0.3, -0.25) is 4.57 Å². The number of nitrogens with one attached hydrogen (secondary N) is 1. The number of nitrogens with zero attached hydrogens (tertiary/aromatic N) is 2. The van der Waals surface area contributed by atoms with E-state index in [0.717, 1.165) is 10.3 Å². The molecule has 1 aromatic carbocycles. The average Bonchev–Trinajstić information content (AvgIpc) is 2.93. The summed E-state index contributed by atoms with van der Waals surface area (Å²) in [4.78, 5) is 3.89. The molecule has 2 aromatic rings. The quantitative estimate of drug-likeness (QED) is 0.885. The molecule has 0 aliphatic heterocycles. The second-order valence-electron chi connectivity index (χ2n) is 3.95. The zero-order chi connectivity index (χ0) is 14.5. The molecular weight excluding hydrogens is 268 g/mol. The van der Waals surface area contributed by atoms with Crippen LogP contribution in [0.1, 0.15) is 12.4 Å². The van der Waals surface area contributed by atoms with E-state index in [1.54, 1.807) is 25.3 Å². The van der Waals surface area contributed by atoms with Gasteiger partial charge in [-0.15, -0.1) is 0 Å². The normalized spacial score (nSPS) is 10.7. The van der Waals surface area contributed by atoms with Gasteiger partial charge in [0.1, 0.15) is 5.82 Å². The highest BCUT2D eigenvalue weighted by atomic mass is 19.3. The van der Waals surface area contributed by atoms with Crippen LogP contribution in [0.3, 0.4) is 0 Å². The van der Waals surface area contributed by atoms with Crippen LogP contribution in [0.5, 0.6) is 11.5 Å². The zero-order valence-corrected chi connectivity index (χ0v) is 11.1. The summed E-state index contributed by atoms with van der Waals surface area (Å²) in [7, 11) is 3.08. The Morgan fingerprint density at radius 2 is 2.00 bits per heavy atom. The molecule has 0 saturated carbocycles. The summed E-state index contributed by atoms with van der Waals surface area (Å²) in [6, 6.07) is 5.24. The molecule has 0 amide bonds. The fourth-order valence-electron chi connectivity index (χ4n) is 1.79. The fraction of sp³-hybridized carbons (Fsp3) is 0.308. The molecule has 1 N–H and O–H groups in total. The summed E-state index contributed by atoms with van der Waals surface area (Å²) >= 11 is 0. The van der Waals surface area contributed by atoms with Gasteiger partial charge in [0.2, 0.25) is 0 Å². The third-order valence-electron chi connectivity index (χ3n) is 2.79. The monoisotopic (exact) mass is 283 g/mol. The number of hydrogen-bond acceptors (Lipinski definition) is 4. The van der Waals surface area contributed by atoms with Crippen molar-refractivity contribution in [1.82, 2.24) is 9.55 Å². The Labute approximate surface area is 115 Å². The van der Waals surface area contributed by atoms with E-state index in [1.165, 1.54) is 19.5 Å². The van der Waals surface area contributed by atoms with E-state index in [4.69, 9.17) is 9.47 Å². The molecule has 0 unspecified atom stereocenters. The molecule has 0 bridgehead atoms. The highest BCUT2D eigenvalue weighted by Gasteiger charge is 2.11. The Bertz CT molecular complexity index is 572. The smallest absolute Gasteiger partial charge is 0.319 e. The van der Waals surface area contributed by atoms with Crippen molar-refractivity contribution in [3.05, 3.63) is 36.4 Å². The van der Waals surface area contributed by atoms with Gasteiger partial charge in [0, 0.05) is 24.1 Å². The van der Waals surface area contributed by atoms with E-state index in [0.29, 0.717) is 11.5 Å². The van der Waals surface area contributed by atoms with Gasteiger partial charge in [-0.05, 0) is 12.1 Å². The van der Waals surface area contributed by atoms with Gasteiger partial charge in [0.15, 0.2) is 11.5 Å². The molecule has 108 valence electrons. The number of rotatable bonds is 6. The largest absolute Gasteiger partial charge is 0.493 e. The second kappa shape index (κ2) is 6.23. The Morgan fingerprint density at radius 3 is 2.65 bits per heavy atom. The lowest BCUT2D eigenvalue weighted by Crippen LogP contribution is -2.09. The van der Waals surface area contributed by atoms with Crippen LogP contribution in [0.15, 0.2) is 30.6 Å². The van der Waals surface area contributed by atoms with E-state index in [-0.39, 0.29) is 12.4 Å². The van der Waals surface area contributed by atoms with E-state index in [9.17, 15) is 8.78 Å². The summed E-state index contributed by atoms with van der Waals surface area (Å²) in [6.45, 7) is -2.41. The molecule has 1 heterocycles. The van der Waals surface area contributed by atoms with Crippen molar-refractivity contribution in [2.24, 2.45) is 0 Å². The van der Waals surface area contributed by atoms with E-state index < -0.39 is 6.55 Å². The molecule has 1 aromatic heterocycles. The maximum atomic E-state index is 12.7. The minimum absolute atomic E-state index is 0.187. The number of aromatic nitrogens is 2. The number of anilines is 1. The maximum absolute atomic E-state index is 12.7. The molecule has 0 atom stereocenters. The van der Waals surface area contributed by atoms with Crippen LogP contribution in [0.4, 0.5) is 14.5 Å². The molecule has 5 nitrogen and oxygen atoms in total. The van der Waals surface area contributed by atoms with Crippen LogP contribution in [0.2, 0.25) is 0 Å². The van der Waals surface area contributed by atoms with E-state index in [2.05, 4.69) is 10.3 Å². The number of hydrogen-bond donors (Lipinski definition) is 1. The first-order valence-corrected chi connectivity index (χ1v) is 5.91. The highest BCUT2D eigenvalue weighted by molar-refractivity contribution is 5.54. The molecular formula is C13H15F2N3O2. The first-order chi connectivity index (χ1) is 9.65. The van der Waals surface area contributed by atoms with Crippen LogP contribution in [-0.4, -0.2) is 23.8 Å². The first kappa shape index (κ1) is 14.1. The average molecular weight is 283 g/mol. The topological polar surface area (TPSA) is 48.3 Å². The van der Waals surface area contributed by atoms with Crippen molar-refractivity contribution in [3.63, 3.8) is 0 Å². The second-order valence-corrected chi connectivity index (χ2v) is 3.95. The lowest BCUT2D eigenvalue weighted by Gasteiger charge is -2.12. The first-order valence-electron chi connectivity index (χ1n) is 5.91. The summed E-state index contributed by atoms with van der Waals surface area (Å²) in [6.07, 6.45) is 2.59. The van der Waals surface area contributed by atoms with Crippen molar-refractivity contribution in [2.45, 2.75) is 13.1 Å². The van der Waals surface area contributed by atoms with E-state index in [1.807, 2.05) is 0 Å². The Morgan fingerprint density at radius 1 is 1.25 bits per heavy atom. The number of ether oxygens (including phenoxy) is 2. The summed E-state index contributed by atoms with van der Waals surface area (Å²) < 4.78 is 36.4. The lowest BCUT2D eigenvalue weighted by atomic mass is 10.2. The SMILES string of the molecule is COc1ccc(NCc2nccn2C(F)F)cc1OC. The van der Waals surface area contributed by atoms with Gasteiger partial charge in [0.25, 0.3) is 0 Å². The summed E-state index contributed by atoms with van der Waals surface area (Å²) in [5.41, 5.74) is 0.728. The summed E-state index contributed by atoms with van der Waals surface area (Å²) in [5.74, 6) is 1.43. The van der Waals surface area contributed by atoms with Gasteiger partial charge >= 0.3 is 6.55 Å². The molecule has 0 spiro atoms. The van der Waals surface area contributed by atoms with Crippen molar-refractivity contribution in [1.29, 1.82) is 0 Å². The fourth-order valence-corrected chi connectivity index (χ4v) is 1.79. The van der Waals surface area contributed by atoms with Crippen molar-refractivity contribution < 1.29 is 18.3 Å². The number of halogens is 2. The van der Waals surface area contributed by atoms with Crippen molar-refractivity contribution >= 4 is 5.69 Å². The Kier molecular flexibility index (Phi) is 4.39. The number of methoxy groups -OCH3 is 2. The minimum Gasteiger partial charge on any atom is -0.493 e. The number of benzene rings is 1. The summed E-state index contributed by atoms with van der Waals surface area (Å²) in [5, 5.41) is 3.02. The molecule has 0 radical (unpaired) electrons. The minimum atomic E-state index is -2.60. The van der Waals surface area contributed by atoms with Gasteiger partial charge < -0.3 is 14.8 Å². The van der Waals surface area contributed by atoms with Crippen LogP contribution < -0.4 is 14.8 Å². The molecule has 0 saturated heterocycles. The molecule has 20 heavy (non-hydrogen) atoms. The molecule has 2 rings (SSSR count). The highest BCUT2D eigenvalue weighted by Crippen LogP contribution is 2.29.